The number of rotatable bonds is 6. The maximum Gasteiger partial charge on any atom is 0.125 e. The summed E-state index contributed by atoms with van der Waals surface area (Å²) < 4.78 is 10.7. The standard InChI is InChI=1S/C12H19NO3/c1-13(2)6-7-16-12-5-4-11(15-3)8-10(12)9-14/h4-5,8,14H,6-7,9H2,1-3H3. The molecule has 0 aliphatic heterocycles. The molecule has 90 valence electrons. The number of aliphatic hydroxyl groups excluding tert-OH is 1. The Bertz CT molecular complexity index is 326. The molecular weight excluding hydrogens is 206 g/mol. The lowest BCUT2D eigenvalue weighted by atomic mass is 10.2. The van der Waals surface area contributed by atoms with Crippen LogP contribution in [0.1, 0.15) is 5.56 Å². The average Bonchev–Trinajstić information content (AvgIpc) is 2.29. The molecule has 0 unspecified atom stereocenters. The van der Waals surface area contributed by atoms with Crippen molar-refractivity contribution in [1.29, 1.82) is 0 Å². The molecule has 4 heteroatoms. The van der Waals surface area contributed by atoms with E-state index < -0.39 is 0 Å². The second-order valence-corrected chi connectivity index (χ2v) is 3.78. The summed E-state index contributed by atoms with van der Waals surface area (Å²) in [4.78, 5) is 2.04. The fourth-order valence-electron chi connectivity index (χ4n) is 1.29. The van der Waals surface area contributed by atoms with Gasteiger partial charge in [-0.15, -0.1) is 0 Å². The molecule has 0 aliphatic carbocycles. The first-order valence-electron chi connectivity index (χ1n) is 5.22. The molecule has 0 spiro atoms. The highest BCUT2D eigenvalue weighted by Gasteiger charge is 2.04. The first-order valence-corrected chi connectivity index (χ1v) is 5.22. The van der Waals surface area contributed by atoms with Crippen molar-refractivity contribution in [2.24, 2.45) is 0 Å². The lowest BCUT2D eigenvalue weighted by Gasteiger charge is -2.13. The lowest BCUT2D eigenvalue weighted by molar-refractivity contribution is 0.242. The SMILES string of the molecule is COc1ccc(OCCN(C)C)c(CO)c1. The van der Waals surface area contributed by atoms with E-state index in [1.165, 1.54) is 0 Å². The summed E-state index contributed by atoms with van der Waals surface area (Å²) in [6, 6.07) is 5.43. The van der Waals surface area contributed by atoms with E-state index in [0.717, 1.165) is 17.9 Å². The second-order valence-electron chi connectivity index (χ2n) is 3.78. The average molecular weight is 225 g/mol. The van der Waals surface area contributed by atoms with Crippen LogP contribution in [0.25, 0.3) is 0 Å². The number of hydrogen-bond acceptors (Lipinski definition) is 4. The Hall–Kier alpha value is -1.26. The van der Waals surface area contributed by atoms with E-state index in [0.29, 0.717) is 12.4 Å². The molecule has 0 aromatic heterocycles. The van der Waals surface area contributed by atoms with E-state index in [-0.39, 0.29) is 6.61 Å². The van der Waals surface area contributed by atoms with Gasteiger partial charge in [0.2, 0.25) is 0 Å². The minimum absolute atomic E-state index is 0.0471. The molecule has 0 bridgehead atoms. The first kappa shape index (κ1) is 12.8. The van der Waals surface area contributed by atoms with E-state index >= 15 is 0 Å². The van der Waals surface area contributed by atoms with Crippen LogP contribution in [0.15, 0.2) is 18.2 Å². The van der Waals surface area contributed by atoms with Crippen LogP contribution in [0.2, 0.25) is 0 Å². The highest BCUT2D eigenvalue weighted by molar-refractivity contribution is 5.39. The summed E-state index contributed by atoms with van der Waals surface area (Å²) in [5.74, 6) is 1.44. The smallest absolute Gasteiger partial charge is 0.125 e. The number of ether oxygens (including phenoxy) is 2. The van der Waals surface area contributed by atoms with Gasteiger partial charge >= 0.3 is 0 Å². The Morgan fingerprint density at radius 2 is 2.06 bits per heavy atom. The molecule has 0 saturated carbocycles. The topological polar surface area (TPSA) is 41.9 Å². The lowest BCUT2D eigenvalue weighted by Crippen LogP contribution is -2.19. The van der Waals surface area contributed by atoms with Gasteiger partial charge in [-0.1, -0.05) is 0 Å². The number of aliphatic hydroxyl groups is 1. The molecule has 0 radical (unpaired) electrons. The zero-order chi connectivity index (χ0) is 12.0. The molecule has 1 aromatic carbocycles. The Balaban J connectivity index is 2.64. The maximum absolute atomic E-state index is 9.20. The molecular formula is C12H19NO3. The highest BCUT2D eigenvalue weighted by Crippen LogP contribution is 2.24. The maximum atomic E-state index is 9.20. The summed E-state index contributed by atoms with van der Waals surface area (Å²) >= 11 is 0. The molecule has 0 fully saturated rings. The van der Waals surface area contributed by atoms with Crippen molar-refractivity contribution >= 4 is 0 Å². The van der Waals surface area contributed by atoms with Crippen molar-refractivity contribution in [1.82, 2.24) is 4.90 Å². The van der Waals surface area contributed by atoms with Crippen LogP contribution in [-0.2, 0) is 6.61 Å². The molecule has 0 saturated heterocycles. The van der Waals surface area contributed by atoms with Gasteiger partial charge in [0.1, 0.15) is 18.1 Å². The van der Waals surface area contributed by atoms with Crippen LogP contribution in [0.5, 0.6) is 11.5 Å². The van der Waals surface area contributed by atoms with Gasteiger partial charge in [0.05, 0.1) is 13.7 Å². The summed E-state index contributed by atoms with van der Waals surface area (Å²) in [5.41, 5.74) is 0.748. The first-order chi connectivity index (χ1) is 7.67. The van der Waals surface area contributed by atoms with E-state index in [1.807, 2.05) is 31.1 Å². The summed E-state index contributed by atoms with van der Waals surface area (Å²) in [7, 11) is 5.58. The molecule has 1 rings (SSSR count). The second kappa shape index (κ2) is 6.35. The third kappa shape index (κ3) is 3.72. The largest absolute Gasteiger partial charge is 0.497 e. The number of likely N-dealkylation sites (N-methyl/N-ethyl adjacent to an activating group) is 1. The van der Waals surface area contributed by atoms with Gasteiger partial charge in [-0.05, 0) is 32.3 Å². The van der Waals surface area contributed by atoms with E-state index in [9.17, 15) is 5.11 Å². The van der Waals surface area contributed by atoms with Gasteiger partial charge < -0.3 is 19.5 Å². The van der Waals surface area contributed by atoms with Crippen molar-refractivity contribution in [3.63, 3.8) is 0 Å². The predicted octanol–water partition coefficient (Wildman–Crippen LogP) is 1.13. The van der Waals surface area contributed by atoms with Gasteiger partial charge in [0.25, 0.3) is 0 Å². The van der Waals surface area contributed by atoms with E-state index in [2.05, 4.69) is 0 Å². The Morgan fingerprint density at radius 1 is 1.31 bits per heavy atom. The van der Waals surface area contributed by atoms with Gasteiger partial charge in [-0.25, -0.2) is 0 Å². The monoisotopic (exact) mass is 225 g/mol. The Kier molecular flexibility index (Phi) is 5.08. The summed E-state index contributed by atoms with van der Waals surface area (Å²) in [6.07, 6.45) is 0. The Labute approximate surface area is 96.4 Å². The van der Waals surface area contributed by atoms with Crippen LogP contribution in [0, 0.1) is 0 Å². The number of benzene rings is 1. The minimum Gasteiger partial charge on any atom is -0.497 e. The normalized spacial score (nSPS) is 10.6. The van der Waals surface area contributed by atoms with E-state index in [4.69, 9.17) is 9.47 Å². The predicted molar refractivity (Wildman–Crippen MR) is 63.0 cm³/mol. The van der Waals surface area contributed by atoms with Crippen LogP contribution in [0.4, 0.5) is 0 Å². The fourth-order valence-corrected chi connectivity index (χ4v) is 1.29. The molecule has 1 N–H and O–H groups in total. The molecule has 0 atom stereocenters. The third-order valence-electron chi connectivity index (χ3n) is 2.23. The molecule has 4 nitrogen and oxygen atoms in total. The molecule has 0 amide bonds. The minimum atomic E-state index is -0.0471. The van der Waals surface area contributed by atoms with Crippen molar-refractivity contribution in [2.45, 2.75) is 6.61 Å². The zero-order valence-electron chi connectivity index (χ0n) is 10.1. The van der Waals surface area contributed by atoms with Crippen LogP contribution in [0.3, 0.4) is 0 Å². The Morgan fingerprint density at radius 3 is 2.62 bits per heavy atom. The van der Waals surface area contributed by atoms with Crippen molar-refractivity contribution in [2.75, 3.05) is 34.4 Å². The molecule has 1 aromatic rings. The number of methoxy groups -OCH3 is 1. The quantitative estimate of drug-likeness (QED) is 0.788. The van der Waals surface area contributed by atoms with Gasteiger partial charge in [0.15, 0.2) is 0 Å². The number of nitrogens with zero attached hydrogens (tertiary/aromatic N) is 1. The van der Waals surface area contributed by atoms with Crippen molar-refractivity contribution < 1.29 is 14.6 Å². The third-order valence-corrected chi connectivity index (χ3v) is 2.23. The van der Waals surface area contributed by atoms with Crippen LogP contribution < -0.4 is 9.47 Å². The molecule has 0 heterocycles. The van der Waals surface area contributed by atoms with Crippen molar-refractivity contribution in [3.05, 3.63) is 23.8 Å². The highest BCUT2D eigenvalue weighted by atomic mass is 16.5. The van der Waals surface area contributed by atoms with Crippen molar-refractivity contribution in [3.8, 4) is 11.5 Å². The van der Waals surface area contributed by atoms with Gasteiger partial charge in [-0.3, -0.25) is 0 Å². The number of hydrogen-bond donors (Lipinski definition) is 1. The van der Waals surface area contributed by atoms with Crippen LogP contribution in [-0.4, -0.2) is 44.4 Å². The molecule has 0 aliphatic rings. The van der Waals surface area contributed by atoms with Gasteiger partial charge in [-0.2, -0.15) is 0 Å². The van der Waals surface area contributed by atoms with Gasteiger partial charge in [0, 0.05) is 12.1 Å². The van der Waals surface area contributed by atoms with E-state index in [1.54, 1.807) is 13.2 Å². The zero-order valence-corrected chi connectivity index (χ0v) is 10.1. The van der Waals surface area contributed by atoms with Crippen LogP contribution >= 0.6 is 0 Å². The summed E-state index contributed by atoms with van der Waals surface area (Å²) in [6.45, 7) is 1.40. The summed E-state index contributed by atoms with van der Waals surface area (Å²) in [5, 5.41) is 9.20. The fraction of sp³-hybridized carbons (Fsp3) is 0.500. The molecule has 16 heavy (non-hydrogen) atoms.